The maximum Gasteiger partial charge on any atom is 0.225 e. The molecule has 1 N–H and O–H groups in total. The van der Waals surface area contributed by atoms with Gasteiger partial charge in [-0.3, -0.25) is 9.48 Å². The lowest BCUT2D eigenvalue weighted by Crippen LogP contribution is -2.24. The molecule has 1 amide bonds. The Morgan fingerprint density at radius 2 is 2.08 bits per heavy atom. The quantitative estimate of drug-likeness (QED) is 0.889. The van der Waals surface area contributed by atoms with E-state index in [1.807, 2.05) is 20.0 Å². The first kappa shape index (κ1) is 16.9. The van der Waals surface area contributed by atoms with Gasteiger partial charge in [-0.25, -0.2) is 13.4 Å². The van der Waals surface area contributed by atoms with Crippen molar-refractivity contribution in [2.24, 2.45) is 7.05 Å². The summed E-state index contributed by atoms with van der Waals surface area (Å²) in [5.74, 6) is -0.398. The van der Waals surface area contributed by atoms with Gasteiger partial charge in [0.2, 0.25) is 5.91 Å². The number of nitrogens with one attached hydrogen (secondary N) is 1. The normalized spacial score (nSPS) is 15.9. The monoisotopic (exact) mass is 350 g/mol. The van der Waals surface area contributed by atoms with Crippen LogP contribution in [0, 0.1) is 6.92 Å². The number of hydrogen-bond acceptors (Lipinski definition) is 5. The second-order valence-corrected chi connectivity index (χ2v) is 8.78. The molecule has 0 aliphatic heterocycles. The number of pyridine rings is 1. The Morgan fingerprint density at radius 3 is 2.79 bits per heavy atom. The topological polar surface area (TPSA) is 93.9 Å². The lowest BCUT2D eigenvalue weighted by molar-refractivity contribution is -0.115. The third kappa shape index (κ3) is 3.43. The van der Waals surface area contributed by atoms with Crippen LogP contribution in [0.15, 0.2) is 12.3 Å². The Bertz CT molecular complexity index is 867. The first-order valence-electron chi connectivity index (χ1n) is 8.17. The number of amides is 1. The van der Waals surface area contributed by atoms with E-state index in [0.717, 1.165) is 42.4 Å². The molecule has 24 heavy (non-hydrogen) atoms. The average molecular weight is 350 g/mol. The van der Waals surface area contributed by atoms with Gasteiger partial charge in [-0.15, -0.1) is 0 Å². The molecule has 1 aliphatic carbocycles. The summed E-state index contributed by atoms with van der Waals surface area (Å²) in [7, 11) is -1.36. The molecule has 130 valence electrons. The summed E-state index contributed by atoms with van der Waals surface area (Å²) in [6, 6.07) is 1.81. The summed E-state index contributed by atoms with van der Waals surface area (Å²) in [4.78, 5) is 16.4. The van der Waals surface area contributed by atoms with Crippen LogP contribution < -0.4 is 5.32 Å². The van der Waals surface area contributed by atoms with Crippen molar-refractivity contribution in [2.75, 3.05) is 11.1 Å². The van der Waals surface area contributed by atoms with Gasteiger partial charge in [-0.05, 0) is 25.8 Å². The molecule has 2 heterocycles. The van der Waals surface area contributed by atoms with Gasteiger partial charge in [0.25, 0.3) is 0 Å². The molecule has 0 saturated heterocycles. The summed E-state index contributed by atoms with van der Waals surface area (Å²) in [6.07, 6.45) is 4.92. The minimum absolute atomic E-state index is 0.0249. The molecule has 3 rings (SSSR count). The number of sulfone groups is 1. The highest BCUT2D eigenvalue weighted by atomic mass is 32.2. The summed E-state index contributed by atoms with van der Waals surface area (Å²) in [6.45, 7) is 1.88. The molecule has 8 heteroatoms. The first-order valence-corrected chi connectivity index (χ1v) is 9.89. The maximum absolute atomic E-state index is 12.2. The van der Waals surface area contributed by atoms with Crippen LogP contribution in [0.1, 0.15) is 37.8 Å². The second kappa shape index (κ2) is 6.51. The summed E-state index contributed by atoms with van der Waals surface area (Å²) in [5.41, 5.74) is 2.14. The van der Waals surface area contributed by atoms with Crippen molar-refractivity contribution < 1.29 is 13.2 Å². The van der Waals surface area contributed by atoms with E-state index in [4.69, 9.17) is 0 Å². The van der Waals surface area contributed by atoms with E-state index in [9.17, 15) is 13.2 Å². The van der Waals surface area contributed by atoms with Crippen LogP contribution >= 0.6 is 0 Å². The highest BCUT2D eigenvalue weighted by Crippen LogP contribution is 2.25. The lowest BCUT2D eigenvalue weighted by atomic mass is 10.2. The highest BCUT2D eigenvalue weighted by molar-refractivity contribution is 7.92. The van der Waals surface area contributed by atoms with Gasteiger partial charge in [-0.1, -0.05) is 12.8 Å². The third-order valence-corrected chi connectivity index (χ3v) is 6.83. The van der Waals surface area contributed by atoms with Crippen molar-refractivity contribution in [3.63, 3.8) is 0 Å². The molecular weight excluding hydrogens is 328 g/mol. The van der Waals surface area contributed by atoms with Crippen LogP contribution in [-0.2, 0) is 21.7 Å². The predicted molar refractivity (Wildman–Crippen MR) is 92.5 cm³/mol. The largest absolute Gasteiger partial charge is 0.325 e. The van der Waals surface area contributed by atoms with E-state index in [-0.39, 0.29) is 23.3 Å². The number of rotatable bonds is 5. The Labute approximate surface area is 141 Å². The highest BCUT2D eigenvalue weighted by Gasteiger charge is 2.28. The van der Waals surface area contributed by atoms with Crippen molar-refractivity contribution in [1.82, 2.24) is 14.8 Å². The van der Waals surface area contributed by atoms with Crippen molar-refractivity contribution in [1.29, 1.82) is 0 Å². The van der Waals surface area contributed by atoms with Gasteiger partial charge in [0.05, 0.1) is 28.6 Å². The number of carbonyl (C=O) groups excluding carboxylic acids is 1. The third-order valence-electron chi connectivity index (χ3n) is 4.57. The first-order chi connectivity index (χ1) is 11.4. The number of aryl methyl sites for hydroxylation is 2. The Kier molecular flexibility index (Phi) is 4.58. The molecule has 0 spiro atoms. The van der Waals surface area contributed by atoms with E-state index < -0.39 is 9.84 Å². The van der Waals surface area contributed by atoms with Crippen molar-refractivity contribution >= 4 is 32.5 Å². The molecule has 0 atom stereocenters. The fourth-order valence-electron chi connectivity index (χ4n) is 3.25. The van der Waals surface area contributed by atoms with E-state index in [1.165, 1.54) is 0 Å². The van der Waals surface area contributed by atoms with Crippen LogP contribution in [0.25, 0.3) is 11.0 Å². The molecule has 7 nitrogen and oxygen atoms in total. The lowest BCUT2D eigenvalue weighted by Gasteiger charge is -2.11. The molecule has 2 aromatic heterocycles. The van der Waals surface area contributed by atoms with E-state index in [0.29, 0.717) is 5.69 Å². The minimum atomic E-state index is -3.18. The standard InChI is InChI=1S/C16H22N4O3S/c1-11-14-9-12(10-17-16(14)20(2)19-11)18-15(21)7-8-24(22,23)13-5-3-4-6-13/h9-10,13H,3-8H2,1-2H3,(H,18,21). The van der Waals surface area contributed by atoms with E-state index in [1.54, 1.807) is 10.9 Å². The molecule has 1 aliphatic rings. The average Bonchev–Trinajstić information content (AvgIpc) is 3.16. The van der Waals surface area contributed by atoms with E-state index >= 15 is 0 Å². The fourth-order valence-corrected chi connectivity index (χ4v) is 5.10. The Hall–Kier alpha value is -1.96. The maximum atomic E-state index is 12.2. The molecule has 0 aromatic carbocycles. The van der Waals surface area contributed by atoms with Gasteiger partial charge < -0.3 is 5.32 Å². The second-order valence-electron chi connectivity index (χ2n) is 6.38. The van der Waals surface area contributed by atoms with Crippen LogP contribution in [0.3, 0.4) is 0 Å². The number of carbonyl (C=O) groups is 1. The van der Waals surface area contributed by atoms with Gasteiger partial charge in [0.1, 0.15) is 0 Å². The number of hydrogen-bond donors (Lipinski definition) is 1. The van der Waals surface area contributed by atoms with Crippen LogP contribution in [0.2, 0.25) is 0 Å². The number of aromatic nitrogens is 3. The molecule has 0 unspecified atom stereocenters. The number of nitrogens with zero attached hydrogens (tertiary/aromatic N) is 3. The van der Waals surface area contributed by atoms with Gasteiger partial charge >= 0.3 is 0 Å². The number of anilines is 1. The van der Waals surface area contributed by atoms with Crippen molar-refractivity contribution in [3.8, 4) is 0 Å². The fraction of sp³-hybridized carbons (Fsp3) is 0.562. The SMILES string of the molecule is Cc1nn(C)c2ncc(NC(=O)CCS(=O)(=O)C3CCCC3)cc12. The smallest absolute Gasteiger partial charge is 0.225 e. The minimum Gasteiger partial charge on any atom is -0.325 e. The molecule has 1 saturated carbocycles. The molecule has 2 aromatic rings. The zero-order valence-electron chi connectivity index (χ0n) is 13.9. The van der Waals surface area contributed by atoms with Crippen molar-refractivity contribution in [2.45, 2.75) is 44.3 Å². The van der Waals surface area contributed by atoms with Gasteiger partial charge in [0, 0.05) is 18.9 Å². The zero-order chi connectivity index (χ0) is 17.3. The molecule has 1 fully saturated rings. The van der Waals surface area contributed by atoms with Crippen molar-refractivity contribution in [3.05, 3.63) is 18.0 Å². The molecule has 0 radical (unpaired) electrons. The zero-order valence-corrected chi connectivity index (χ0v) is 14.8. The Morgan fingerprint density at radius 1 is 1.38 bits per heavy atom. The van der Waals surface area contributed by atoms with E-state index in [2.05, 4.69) is 15.4 Å². The van der Waals surface area contributed by atoms with Crippen LogP contribution in [0.5, 0.6) is 0 Å². The molecular formula is C16H22N4O3S. The van der Waals surface area contributed by atoms with Crippen LogP contribution in [0.4, 0.5) is 5.69 Å². The summed E-state index contributed by atoms with van der Waals surface area (Å²) in [5, 5.41) is 7.62. The molecule has 0 bridgehead atoms. The summed E-state index contributed by atoms with van der Waals surface area (Å²) < 4.78 is 26.1. The van der Waals surface area contributed by atoms with Gasteiger partial charge in [-0.2, -0.15) is 5.10 Å². The van der Waals surface area contributed by atoms with Crippen LogP contribution in [-0.4, -0.2) is 40.1 Å². The number of fused-ring (bicyclic) bond motifs is 1. The predicted octanol–water partition coefficient (Wildman–Crippen LogP) is 1.96. The Balaban J connectivity index is 1.63. The summed E-state index contributed by atoms with van der Waals surface area (Å²) >= 11 is 0. The van der Waals surface area contributed by atoms with Gasteiger partial charge in [0.15, 0.2) is 15.5 Å².